The SMILES string of the molecule is CC1(C)CCC(CC(=O)O)N(C(=O)OCc2ccccc2)C1. The van der Waals surface area contributed by atoms with E-state index in [0.717, 1.165) is 12.0 Å². The standard InChI is InChI=1S/C17H23NO4/c1-17(2)9-8-14(10-15(19)20)18(12-17)16(21)22-11-13-6-4-3-5-7-13/h3-7,14H,8-12H2,1-2H3,(H,19,20). The number of nitrogens with zero attached hydrogens (tertiary/aromatic N) is 1. The molecule has 1 aliphatic rings. The van der Waals surface area contributed by atoms with Crippen molar-refractivity contribution >= 4 is 12.1 Å². The van der Waals surface area contributed by atoms with Crippen LogP contribution in [0.1, 0.15) is 38.7 Å². The van der Waals surface area contributed by atoms with Gasteiger partial charge in [0.15, 0.2) is 0 Å². The quantitative estimate of drug-likeness (QED) is 0.927. The molecule has 0 aliphatic carbocycles. The van der Waals surface area contributed by atoms with E-state index in [9.17, 15) is 9.59 Å². The lowest BCUT2D eigenvalue weighted by atomic mass is 9.81. The summed E-state index contributed by atoms with van der Waals surface area (Å²) in [6.45, 7) is 4.90. The van der Waals surface area contributed by atoms with Crippen LogP contribution in [0.2, 0.25) is 0 Å². The molecule has 1 aromatic carbocycles. The molecule has 1 unspecified atom stereocenters. The summed E-state index contributed by atoms with van der Waals surface area (Å²) in [5.74, 6) is -0.884. The highest BCUT2D eigenvalue weighted by Gasteiger charge is 2.37. The fraction of sp³-hybridized carbons (Fsp3) is 0.529. The molecule has 0 spiro atoms. The van der Waals surface area contributed by atoms with E-state index in [4.69, 9.17) is 9.84 Å². The summed E-state index contributed by atoms with van der Waals surface area (Å²) in [4.78, 5) is 24.9. The Kier molecular flexibility index (Phi) is 5.06. The number of aliphatic carboxylic acids is 1. The predicted octanol–water partition coefficient (Wildman–Crippen LogP) is 3.29. The van der Waals surface area contributed by atoms with Gasteiger partial charge in [0, 0.05) is 12.6 Å². The highest BCUT2D eigenvalue weighted by atomic mass is 16.6. The molecule has 0 saturated carbocycles. The molecule has 22 heavy (non-hydrogen) atoms. The van der Waals surface area contributed by atoms with Crippen LogP contribution in [0.5, 0.6) is 0 Å². The van der Waals surface area contributed by atoms with Gasteiger partial charge in [-0.2, -0.15) is 0 Å². The van der Waals surface area contributed by atoms with Crippen LogP contribution in [0.15, 0.2) is 30.3 Å². The maximum Gasteiger partial charge on any atom is 0.410 e. The second kappa shape index (κ2) is 6.81. The molecule has 1 aliphatic heterocycles. The maximum atomic E-state index is 12.4. The van der Waals surface area contributed by atoms with Crippen molar-refractivity contribution in [2.75, 3.05) is 6.54 Å². The van der Waals surface area contributed by atoms with Gasteiger partial charge < -0.3 is 14.7 Å². The minimum atomic E-state index is -0.884. The van der Waals surface area contributed by atoms with Gasteiger partial charge in [0.05, 0.1) is 6.42 Å². The molecule has 0 bridgehead atoms. The Hall–Kier alpha value is -2.04. The van der Waals surface area contributed by atoms with Crippen molar-refractivity contribution in [1.29, 1.82) is 0 Å². The Balaban J connectivity index is 2.00. The van der Waals surface area contributed by atoms with Crippen LogP contribution in [0.4, 0.5) is 4.79 Å². The molecule has 0 aromatic heterocycles. The van der Waals surface area contributed by atoms with Crippen molar-refractivity contribution in [2.45, 2.75) is 45.8 Å². The van der Waals surface area contributed by atoms with E-state index in [1.807, 2.05) is 30.3 Å². The van der Waals surface area contributed by atoms with E-state index in [-0.39, 0.29) is 24.5 Å². The number of carbonyl (C=O) groups is 2. The number of rotatable bonds is 4. The summed E-state index contributed by atoms with van der Waals surface area (Å²) in [6.07, 6.45) is 1.15. The van der Waals surface area contributed by atoms with Gasteiger partial charge in [-0.15, -0.1) is 0 Å². The highest BCUT2D eigenvalue weighted by Crippen LogP contribution is 2.33. The summed E-state index contributed by atoms with van der Waals surface area (Å²) in [5, 5.41) is 9.02. The van der Waals surface area contributed by atoms with Crippen molar-refractivity contribution in [2.24, 2.45) is 5.41 Å². The van der Waals surface area contributed by atoms with E-state index in [0.29, 0.717) is 13.0 Å². The third-order valence-electron chi connectivity index (χ3n) is 4.04. The van der Waals surface area contributed by atoms with E-state index in [2.05, 4.69) is 13.8 Å². The minimum Gasteiger partial charge on any atom is -0.481 e. The van der Waals surface area contributed by atoms with Crippen LogP contribution in [-0.4, -0.2) is 34.7 Å². The first kappa shape index (κ1) is 16.3. The zero-order valence-corrected chi connectivity index (χ0v) is 13.1. The Morgan fingerprint density at radius 2 is 2.00 bits per heavy atom. The third-order valence-corrected chi connectivity index (χ3v) is 4.04. The number of hydrogen-bond donors (Lipinski definition) is 1. The average molecular weight is 305 g/mol. The monoisotopic (exact) mass is 305 g/mol. The van der Waals surface area contributed by atoms with Gasteiger partial charge in [0.1, 0.15) is 6.61 Å². The molecule has 1 amide bonds. The first-order valence-electron chi connectivity index (χ1n) is 7.56. The van der Waals surface area contributed by atoms with Gasteiger partial charge in [-0.25, -0.2) is 4.79 Å². The molecule has 5 nitrogen and oxygen atoms in total. The van der Waals surface area contributed by atoms with Crippen molar-refractivity contribution in [1.82, 2.24) is 4.90 Å². The lowest BCUT2D eigenvalue weighted by Crippen LogP contribution is -2.50. The van der Waals surface area contributed by atoms with Crippen LogP contribution >= 0.6 is 0 Å². The predicted molar refractivity (Wildman–Crippen MR) is 82.4 cm³/mol. The topological polar surface area (TPSA) is 66.8 Å². The summed E-state index contributed by atoms with van der Waals surface area (Å²) >= 11 is 0. The lowest BCUT2D eigenvalue weighted by Gasteiger charge is -2.42. The number of carboxylic acids is 1. The average Bonchev–Trinajstić information content (AvgIpc) is 2.47. The highest BCUT2D eigenvalue weighted by molar-refractivity contribution is 5.71. The molecule has 5 heteroatoms. The van der Waals surface area contributed by atoms with Crippen LogP contribution in [0.25, 0.3) is 0 Å². The van der Waals surface area contributed by atoms with Crippen LogP contribution in [-0.2, 0) is 16.1 Å². The Bertz CT molecular complexity index is 527. The molecule has 1 fully saturated rings. The van der Waals surface area contributed by atoms with Crippen molar-refractivity contribution in [3.05, 3.63) is 35.9 Å². The number of carbonyl (C=O) groups excluding carboxylic acids is 1. The number of benzene rings is 1. The molecule has 1 saturated heterocycles. The molecule has 1 atom stereocenters. The van der Waals surface area contributed by atoms with Gasteiger partial charge in [0.2, 0.25) is 0 Å². The zero-order valence-electron chi connectivity index (χ0n) is 13.1. The normalized spacial score (nSPS) is 20.5. The molecule has 120 valence electrons. The first-order valence-corrected chi connectivity index (χ1v) is 7.56. The largest absolute Gasteiger partial charge is 0.481 e. The number of piperidine rings is 1. The maximum absolute atomic E-state index is 12.4. The molecule has 1 N–H and O–H groups in total. The second-order valence-corrected chi connectivity index (χ2v) is 6.62. The third kappa shape index (κ3) is 4.48. The smallest absolute Gasteiger partial charge is 0.410 e. The van der Waals surface area contributed by atoms with E-state index < -0.39 is 12.1 Å². The summed E-state index contributed by atoms with van der Waals surface area (Å²) in [5.41, 5.74) is 0.905. The zero-order chi connectivity index (χ0) is 16.2. The fourth-order valence-corrected chi connectivity index (χ4v) is 2.81. The van der Waals surface area contributed by atoms with Gasteiger partial charge in [-0.1, -0.05) is 44.2 Å². The Labute approximate surface area is 130 Å². The van der Waals surface area contributed by atoms with Crippen LogP contribution in [0, 0.1) is 5.41 Å². The van der Waals surface area contributed by atoms with E-state index >= 15 is 0 Å². The van der Waals surface area contributed by atoms with Crippen LogP contribution in [0.3, 0.4) is 0 Å². The number of likely N-dealkylation sites (tertiary alicyclic amines) is 1. The Morgan fingerprint density at radius 1 is 1.32 bits per heavy atom. The van der Waals surface area contributed by atoms with Crippen molar-refractivity contribution in [3.8, 4) is 0 Å². The molecule has 1 aromatic rings. The van der Waals surface area contributed by atoms with E-state index in [1.54, 1.807) is 4.90 Å². The number of ether oxygens (including phenoxy) is 1. The minimum absolute atomic E-state index is 0.0131. The number of amides is 1. The second-order valence-electron chi connectivity index (χ2n) is 6.62. The van der Waals surface area contributed by atoms with Gasteiger partial charge >= 0.3 is 12.1 Å². The lowest BCUT2D eigenvalue weighted by molar-refractivity contribution is -0.138. The fourth-order valence-electron chi connectivity index (χ4n) is 2.81. The summed E-state index contributed by atoms with van der Waals surface area (Å²) in [6, 6.07) is 9.18. The van der Waals surface area contributed by atoms with Crippen molar-refractivity contribution in [3.63, 3.8) is 0 Å². The number of carboxylic acid groups (broad SMARTS) is 1. The molecule has 0 radical (unpaired) electrons. The molecular weight excluding hydrogens is 282 g/mol. The summed E-state index contributed by atoms with van der Waals surface area (Å²) < 4.78 is 5.37. The Morgan fingerprint density at radius 3 is 2.64 bits per heavy atom. The first-order chi connectivity index (χ1) is 10.4. The number of hydrogen-bond acceptors (Lipinski definition) is 3. The van der Waals surface area contributed by atoms with Gasteiger partial charge in [0.25, 0.3) is 0 Å². The summed E-state index contributed by atoms with van der Waals surface area (Å²) in [7, 11) is 0. The molecule has 2 rings (SSSR count). The van der Waals surface area contributed by atoms with E-state index in [1.165, 1.54) is 0 Å². The van der Waals surface area contributed by atoms with Crippen molar-refractivity contribution < 1.29 is 19.4 Å². The van der Waals surface area contributed by atoms with Gasteiger partial charge in [-0.05, 0) is 23.8 Å². The van der Waals surface area contributed by atoms with Gasteiger partial charge in [-0.3, -0.25) is 4.79 Å². The molecular formula is C17H23NO4. The van der Waals surface area contributed by atoms with Crippen LogP contribution < -0.4 is 0 Å². The molecule has 1 heterocycles.